The molecular weight excluding hydrogens is 202 g/mol. The second-order valence-electron chi connectivity index (χ2n) is 1.83. The molecule has 0 aliphatic carbocycles. The Labute approximate surface area is 76.0 Å². The zero-order valence-electron chi connectivity index (χ0n) is 6.47. The summed E-state index contributed by atoms with van der Waals surface area (Å²) in [6.07, 6.45) is 6.05. The summed E-state index contributed by atoms with van der Waals surface area (Å²) in [6.45, 7) is 5.47. The van der Waals surface area contributed by atoms with E-state index in [4.69, 9.17) is 0 Å². The van der Waals surface area contributed by atoms with E-state index in [1.807, 2.05) is 13.0 Å². The summed E-state index contributed by atoms with van der Waals surface area (Å²) in [4.78, 5) is 6.66. The minimum atomic E-state index is 0.721. The Morgan fingerprint density at radius 2 is 2.45 bits per heavy atom. The fourth-order valence-corrected chi connectivity index (χ4v) is 0.535. The van der Waals surface area contributed by atoms with Crippen LogP contribution in [0, 0.1) is 10.8 Å². The number of halogens is 1. The second kappa shape index (κ2) is 7.30. The van der Waals surface area contributed by atoms with Gasteiger partial charge in [0.05, 0.1) is 0 Å². The molecule has 11 heavy (non-hydrogen) atoms. The Kier molecular flexibility index (Phi) is 6.76. The standard InChI is InChI=1S/C9H10BrN/c1-3-9(2)11-8-6-4-5-7-10/h3,6,8H,1,4H2,2H3/b8-6-,11-9?. The van der Waals surface area contributed by atoms with Gasteiger partial charge in [0.2, 0.25) is 0 Å². The van der Waals surface area contributed by atoms with E-state index in [0.29, 0.717) is 0 Å². The SMILES string of the molecule is C=CC(C)=N/C=C\CC#CBr. The molecule has 0 heterocycles. The summed E-state index contributed by atoms with van der Waals surface area (Å²) >= 11 is 3.00. The lowest BCUT2D eigenvalue weighted by molar-refractivity contribution is 1.41. The monoisotopic (exact) mass is 211 g/mol. The summed E-state index contributed by atoms with van der Waals surface area (Å²) in [5.41, 5.74) is 0.910. The summed E-state index contributed by atoms with van der Waals surface area (Å²) < 4.78 is 0. The molecule has 0 unspecified atom stereocenters. The quantitative estimate of drug-likeness (QED) is 0.503. The molecule has 0 aromatic rings. The molecule has 0 atom stereocenters. The van der Waals surface area contributed by atoms with Crippen LogP contribution in [0.1, 0.15) is 13.3 Å². The molecule has 0 aromatic carbocycles. The Morgan fingerprint density at radius 1 is 1.73 bits per heavy atom. The number of nitrogens with zero attached hydrogens (tertiary/aromatic N) is 1. The van der Waals surface area contributed by atoms with E-state index in [-0.39, 0.29) is 0 Å². The molecule has 0 aliphatic heterocycles. The first-order valence-corrected chi connectivity index (χ1v) is 4.01. The van der Waals surface area contributed by atoms with Crippen molar-refractivity contribution >= 4 is 21.6 Å². The van der Waals surface area contributed by atoms with Crippen molar-refractivity contribution in [3.8, 4) is 10.8 Å². The minimum absolute atomic E-state index is 0.721. The average molecular weight is 212 g/mol. The zero-order valence-corrected chi connectivity index (χ0v) is 8.06. The van der Waals surface area contributed by atoms with Crippen LogP contribution in [-0.2, 0) is 0 Å². The lowest BCUT2D eigenvalue weighted by Crippen LogP contribution is -1.78. The third-order valence-electron chi connectivity index (χ3n) is 0.966. The number of allylic oxidation sites excluding steroid dienone is 2. The zero-order chi connectivity index (χ0) is 8.53. The maximum absolute atomic E-state index is 4.05. The molecule has 0 saturated heterocycles. The van der Waals surface area contributed by atoms with Crippen LogP contribution in [0.4, 0.5) is 0 Å². The smallest absolute Gasteiger partial charge is 0.0366 e. The van der Waals surface area contributed by atoms with Gasteiger partial charge in [-0.1, -0.05) is 18.6 Å². The van der Waals surface area contributed by atoms with E-state index >= 15 is 0 Å². The molecule has 0 saturated carbocycles. The van der Waals surface area contributed by atoms with E-state index in [0.717, 1.165) is 12.1 Å². The molecule has 0 amide bonds. The van der Waals surface area contributed by atoms with Crippen molar-refractivity contribution in [3.63, 3.8) is 0 Å². The Morgan fingerprint density at radius 3 is 3.00 bits per heavy atom. The number of rotatable bonds is 3. The highest BCUT2D eigenvalue weighted by Gasteiger charge is 1.74. The highest BCUT2D eigenvalue weighted by Crippen LogP contribution is 1.85. The molecule has 58 valence electrons. The van der Waals surface area contributed by atoms with Gasteiger partial charge in [0.1, 0.15) is 0 Å². The topological polar surface area (TPSA) is 12.4 Å². The van der Waals surface area contributed by atoms with Crippen molar-refractivity contribution in [2.75, 3.05) is 0 Å². The van der Waals surface area contributed by atoms with E-state index in [9.17, 15) is 0 Å². The molecule has 0 radical (unpaired) electrons. The van der Waals surface area contributed by atoms with Gasteiger partial charge in [0.15, 0.2) is 0 Å². The van der Waals surface area contributed by atoms with Crippen molar-refractivity contribution < 1.29 is 0 Å². The van der Waals surface area contributed by atoms with Gasteiger partial charge in [-0.3, -0.25) is 4.99 Å². The van der Waals surface area contributed by atoms with Crippen molar-refractivity contribution in [1.29, 1.82) is 0 Å². The van der Waals surface area contributed by atoms with Crippen LogP contribution in [0.15, 0.2) is 29.9 Å². The molecule has 0 fully saturated rings. The van der Waals surface area contributed by atoms with Crippen LogP contribution in [0.25, 0.3) is 0 Å². The van der Waals surface area contributed by atoms with Gasteiger partial charge in [-0.2, -0.15) is 0 Å². The van der Waals surface area contributed by atoms with Gasteiger partial charge in [-0.15, -0.1) is 0 Å². The summed E-state index contributed by atoms with van der Waals surface area (Å²) in [5, 5.41) is 0. The van der Waals surface area contributed by atoms with Crippen LogP contribution in [0.5, 0.6) is 0 Å². The van der Waals surface area contributed by atoms with Gasteiger partial charge in [0, 0.05) is 34.3 Å². The molecule has 0 aromatic heterocycles. The van der Waals surface area contributed by atoms with Crippen molar-refractivity contribution in [2.24, 2.45) is 4.99 Å². The van der Waals surface area contributed by atoms with Gasteiger partial charge < -0.3 is 0 Å². The summed E-state index contributed by atoms with van der Waals surface area (Å²) in [6, 6.07) is 0. The van der Waals surface area contributed by atoms with Gasteiger partial charge in [-0.05, 0) is 17.8 Å². The van der Waals surface area contributed by atoms with Crippen molar-refractivity contribution in [3.05, 3.63) is 24.9 Å². The molecule has 0 bridgehead atoms. The van der Waals surface area contributed by atoms with Crippen LogP contribution >= 0.6 is 15.9 Å². The highest BCUT2D eigenvalue weighted by molar-refractivity contribution is 9.12. The average Bonchev–Trinajstić information content (AvgIpc) is 2.04. The molecule has 0 spiro atoms. The predicted octanol–water partition coefficient (Wildman–Crippen LogP) is 2.89. The minimum Gasteiger partial charge on any atom is -0.262 e. The Hall–Kier alpha value is -0.810. The summed E-state index contributed by atoms with van der Waals surface area (Å²) in [5.74, 6) is 2.82. The molecule has 1 nitrogen and oxygen atoms in total. The molecular formula is C9H10BrN. The maximum Gasteiger partial charge on any atom is 0.0366 e. The van der Waals surface area contributed by atoms with Crippen molar-refractivity contribution in [1.82, 2.24) is 0 Å². The van der Waals surface area contributed by atoms with Crippen LogP contribution in [-0.4, -0.2) is 5.71 Å². The van der Waals surface area contributed by atoms with Crippen molar-refractivity contribution in [2.45, 2.75) is 13.3 Å². The van der Waals surface area contributed by atoms with Crippen LogP contribution < -0.4 is 0 Å². The largest absolute Gasteiger partial charge is 0.262 e. The van der Waals surface area contributed by atoms with Gasteiger partial charge in [-0.25, -0.2) is 0 Å². The first kappa shape index (κ1) is 10.2. The first-order chi connectivity index (χ1) is 5.31. The van der Waals surface area contributed by atoms with Gasteiger partial charge in [0.25, 0.3) is 0 Å². The van der Waals surface area contributed by atoms with Crippen LogP contribution in [0.3, 0.4) is 0 Å². The second-order valence-corrected chi connectivity index (χ2v) is 2.23. The number of aliphatic imine (C=N–C) groups is 1. The summed E-state index contributed by atoms with van der Waals surface area (Å²) in [7, 11) is 0. The highest BCUT2D eigenvalue weighted by atomic mass is 79.9. The molecule has 0 aliphatic rings. The normalized spacial score (nSPS) is 10.9. The Bertz CT molecular complexity index is 228. The van der Waals surface area contributed by atoms with Gasteiger partial charge >= 0.3 is 0 Å². The van der Waals surface area contributed by atoms with E-state index in [1.165, 1.54) is 0 Å². The fraction of sp³-hybridized carbons (Fsp3) is 0.222. The lowest BCUT2D eigenvalue weighted by atomic mass is 10.4. The fourth-order valence-electron chi connectivity index (χ4n) is 0.373. The maximum atomic E-state index is 4.05. The third kappa shape index (κ3) is 7.08. The Balaban J connectivity index is 3.73. The number of hydrogen-bond donors (Lipinski definition) is 0. The molecule has 0 rings (SSSR count). The lowest BCUT2D eigenvalue weighted by Gasteiger charge is -1.82. The van der Waals surface area contributed by atoms with E-state index < -0.39 is 0 Å². The van der Waals surface area contributed by atoms with E-state index in [1.54, 1.807) is 12.3 Å². The first-order valence-electron chi connectivity index (χ1n) is 3.21. The molecule has 2 heteroatoms. The number of hydrogen-bond acceptors (Lipinski definition) is 1. The molecule has 0 N–H and O–H groups in total. The van der Waals surface area contributed by atoms with E-state index in [2.05, 4.69) is 38.3 Å². The van der Waals surface area contributed by atoms with Crippen LogP contribution in [0.2, 0.25) is 0 Å². The predicted molar refractivity (Wildman–Crippen MR) is 53.8 cm³/mol. The third-order valence-corrected chi connectivity index (χ3v) is 1.25.